The zero-order valence-electron chi connectivity index (χ0n) is 13.8. The Morgan fingerprint density at radius 2 is 1.67 bits per heavy atom. The van der Waals surface area contributed by atoms with Crippen molar-refractivity contribution in [3.8, 4) is 35.5 Å². The predicted octanol–water partition coefficient (Wildman–Crippen LogP) is 4.32. The summed E-state index contributed by atoms with van der Waals surface area (Å²) < 4.78 is 0. The fourth-order valence-electron chi connectivity index (χ4n) is 2.06. The molecular formula is C23H20O. The molecule has 0 aliphatic rings. The molecule has 1 heteroatoms. The normalized spacial score (nSPS) is 10.2. The van der Waals surface area contributed by atoms with Crippen molar-refractivity contribution in [2.75, 3.05) is 0 Å². The maximum atomic E-state index is 10.3. The molecule has 1 atom stereocenters. The maximum absolute atomic E-state index is 10.3. The quantitative estimate of drug-likeness (QED) is 0.661. The molecule has 0 bridgehead atoms. The first kappa shape index (κ1) is 17.4. The molecule has 0 heterocycles. The Kier molecular flexibility index (Phi) is 7.24. The van der Waals surface area contributed by atoms with Gasteiger partial charge in [0.25, 0.3) is 0 Å². The predicted molar refractivity (Wildman–Crippen MR) is 98.9 cm³/mol. The highest BCUT2D eigenvalue weighted by molar-refractivity contribution is 5.48. The molecule has 0 amide bonds. The maximum Gasteiger partial charge on any atom is 0.142 e. The van der Waals surface area contributed by atoms with E-state index in [-0.39, 0.29) is 0 Å². The molecule has 0 aromatic heterocycles. The number of rotatable bonds is 3. The van der Waals surface area contributed by atoms with Crippen LogP contribution in [-0.2, 0) is 0 Å². The van der Waals surface area contributed by atoms with Crippen LogP contribution in [0.2, 0.25) is 0 Å². The van der Waals surface area contributed by atoms with E-state index in [1.807, 2.05) is 54.6 Å². The van der Waals surface area contributed by atoms with Crippen LogP contribution in [0.4, 0.5) is 0 Å². The van der Waals surface area contributed by atoms with Gasteiger partial charge in [0.2, 0.25) is 0 Å². The van der Waals surface area contributed by atoms with E-state index in [2.05, 4.69) is 42.4 Å². The third-order valence-corrected chi connectivity index (χ3v) is 3.39. The summed E-state index contributed by atoms with van der Waals surface area (Å²) in [5.74, 6) is 17.5. The van der Waals surface area contributed by atoms with E-state index >= 15 is 0 Å². The Hall–Kier alpha value is -2.92. The van der Waals surface area contributed by atoms with Gasteiger partial charge < -0.3 is 5.11 Å². The van der Waals surface area contributed by atoms with Crippen molar-refractivity contribution in [1.82, 2.24) is 0 Å². The fourth-order valence-corrected chi connectivity index (χ4v) is 2.06. The summed E-state index contributed by atoms with van der Waals surface area (Å²) in [6.45, 7) is 2.13. The highest BCUT2D eigenvalue weighted by Gasteiger charge is 2.07. The Morgan fingerprint density at radius 3 is 2.46 bits per heavy atom. The highest BCUT2D eigenvalue weighted by atomic mass is 16.3. The third kappa shape index (κ3) is 5.70. The van der Waals surface area contributed by atoms with Crippen LogP contribution in [0.15, 0.2) is 54.6 Å². The van der Waals surface area contributed by atoms with Crippen molar-refractivity contribution in [3.05, 3.63) is 71.3 Å². The summed E-state index contributed by atoms with van der Waals surface area (Å²) in [7, 11) is 0. The van der Waals surface area contributed by atoms with Crippen molar-refractivity contribution in [3.63, 3.8) is 0 Å². The molecule has 0 aliphatic heterocycles. The number of benzene rings is 2. The molecule has 2 aromatic carbocycles. The van der Waals surface area contributed by atoms with Crippen LogP contribution in [-0.4, -0.2) is 5.11 Å². The summed E-state index contributed by atoms with van der Waals surface area (Å²) in [4.78, 5) is 0. The molecule has 118 valence electrons. The monoisotopic (exact) mass is 312 g/mol. The average Bonchev–Trinajstić information content (AvgIpc) is 2.64. The van der Waals surface area contributed by atoms with Gasteiger partial charge in [-0.05, 0) is 36.5 Å². The molecular weight excluding hydrogens is 292 g/mol. The summed E-state index contributed by atoms with van der Waals surface area (Å²) >= 11 is 0. The second kappa shape index (κ2) is 9.97. The second-order valence-electron chi connectivity index (χ2n) is 5.28. The van der Waals surface area contributed by atoms with Gasteiger partial charge in [0.15, 0.2) is 0 Å². The SMILES string of the molecule is CCCCC#CC#CC(O)c1ccccc1C#Cc1ccccc1. The Labute approximate surface area is 144 Å². The summed E-state index contributed by atoms with van der Waals surface area (Å²) in [6.07, 6.45) is 2.17. The minimum atomic E-state index is -0.883. The standard InChI is InChI=1S/C23H20O/c1-2-3-4-5-6-10-17-23(24)22-16-12-11-15-21(22)19-18-20-13-8-7-9-14-20/h7-9,11-16,23-24H,2-4H2,1H3. The van der Waals surface area contributed by atoms with E-state index in [0.717, 1.165) is 30.4 Å². The van der Waals surface area contributed by atoms with E-state index in [0.29, 0.717) is 5.56 Å². The lowest BCUT2D eigenvalue weighted by atomic mass is 10.0. The van der Waals surface area contributed by atoms with Crippen LogP contribution in [0.1, 0.15) is 49.0 Å². The van der Waals surface area contributed by atoms with Crippen LogP contribution in [0, 0.1) is 35.5 Å². The van der Waals surface area contributed by atoms with E-state index < -0.39 is 6.10 Å². The van der Waals surface area contributed by atoms with E-state index in [4.69, 9.17) is 0 Å². The fraction of sp³-hybridized carbons (Fsp3) is 0.217. The first-order chi connectivity index (χ1) is 11.8. The van der Waals surface area contributed by atoms with Gasteiger partial charge in [-0.3, -0.25) is 0 Å². The molecule has 1 nitrogen and oxygen atoms in total. The van der Waals surface area contributed by atoms with Gasteiger partial charge in [-0.1, -0.05) is 73.4 Å². The van der Waals surface area contributed by atoms with Gasteiger partial charge in [0, 0.05) is 23.1 Å². The lowest BCUT2D eigenvalue weighted by Crippen LogP contribution is -1.97. The Morgan fingerprint density at radius 1 is 0.917 bits per heavy atom. The topological polar surface area (TPSA) is 20.2 Å². The van der Waals surface area contributed by atoms with E-state index in [9.17, 15) is 5.11 Å². The van der Waals surface area contributed by atoms with Crippen molar-refractivity contribution in [2.24, 2.45) is 0 Å². The van der Waals surface area contributed by atoms with Gasteiger partial charge in [0.05, 0.1) is 0 Å². The second-order valence-corrected chi connectivity index (χ2v) is 5.28. The minimum absolute atomic E-state index is 0.712. The molecule has 1 N–H and O–H groups in total. The Bertz CT molecular complexity index is 830. The molecule has 0 saturated heterocycles. The summed E-state index contributed by atoms with van der Waals surface area (Å²) in [6, 6.07) is 17.3. The summed E-state index contributed by atoms with van der Waals surface area (Å²) in [5, 5.41) is 10.3. The van der Waals surface area contributed by atoms with Crippen molar-refractivity contribution < 1.29 is 5.11 Å². The molecule has 1 unspecified atom stereocenters. The number of aliphatic hydroxyl groups is 1. The third-order valence-electron chi connectivity index (χ3n) is 3.39. The number of unbranched alkanes of at least 4 members (excludes halogenated alkanes) is 2. The number of hydrogen-bond acceptors (Lipinski definition) is 1. The smallest absolute Gasteiger partial charge is 0.142 e. The van der Waals surface area contributed by atoms with Gasteiger partial charge >= 0.3 is 0 Å². The van der Waals surface area contributed by atoms with Gasteiger partial charge in [0.1, 0.15) is 6.10 Å². The lowest BCUT2D eigenvalue weighted by Gasteiger charge is -2.05. The van der Waals surface area contributed by atoms with Crippen LogP contribution >= 0.6 is 0 Å². The number of hydrogen-bond donors (Lipinski definition) is 1. The number of aliphatic hydroxyl groups excluding tert-OH is 1. The molecule has 0 aliphatic carbocycles. The van der Waals surface area contributed by atoms with E-state index in [1.165, 1.54) is 0 Å². The van der Waals surface area contributed by atoms with Crippen LogP contribution in [0.3, 0.4) is 0 Å². The zero-order chi connectivity index (χ0) is 17.0. The van der Waals surface area contributed by atoms with Gasteiger partial charge in [-0.15, -0.1) is 0 Å². The minimum Gasteiger partial charge on any atom is -0.376 e. The first-order valence-corrected chi connectivity index (χ1v) is 8.13. The molecule has 24 heavy (non-hydrogen) atoms. The first-order valence-electron chi connectivity index (χ1n) is 8.13. The molecule has 0 spiro atoms. The van der Waals surface area contributed by atoms with Crippen LogP contribution < -0.4 is 0 Å². The molecule has 2 rings (SSSR count). The zero-order valence-corrected chi connectivity index (χ0v) is 13.8. The van der Waals surface area contributed by atoms with Crippen LogP contribution in [0.5, 0.6) is 0 Å². The Balaban J connectivity index is 2.15. The van der Waals surface area contributed by atoms with E-state index in [1.54, 1.807) is 0 Å². The van der Waals surface area contributed by atoms with Crippen molar-refractivity contribution in [1.29, 1.82) is 0 Å². The lowest BCUT2D eigenvalue weighted by molar-refractivity contribution is 0.238. The van der Waals surface area contributed by atoms with Crippen molar-refractivity contribution >= 4 is 0 Å². The average molecular weight is 312 g/mol. The molecule has 2 aromatic rings. The molecule has 0 saturated carbocycles. The van der Waals surface area contributed by atoms with Crippen molar-refractivity contribution in [2.45, 2.75) is 32.3 Å². The van der Waals surface area contributed by atoms with Gasteiger partial charge in [-0.25, -0.2) is 0 Å². The largest absolute Gasteiger partial charge is 0.376 e. The van der Waals surface area contributed by atoms with Crippen LogP contribution in [0.25, 0.3) is 0 Å². The summed E-state index contributed by atoms with van der Waals surface area (Å²) in [5.41, 5.74) is 2.43. The molecule has 0 fully saturated rings. The highest BCUT2D eigenvalue weighted by Crippen LogP contribution is 2.16. The van der Waals surface area contributed by atoms with Gasteiger partial charge in [-0.2, -0.15) is 0 Å². The molecule has 0 radical (unpaired) electrons.